The van der Waals surface area contributed by atoms with Crippen LogP contribution in [0.1, 0.15) is 27.8 Å². The summed E-state index contributed by atoms with van der Waals surface area (Å²) >= 11 is 3.30. The first-order valence-electron chi connectivity index (χ1n) is 4.31. The van der Waals surface area contributed by atoms with Crippen molar-refractivity contribution in [2.24, 2.45) is 0 Å². The van der Waals surface area contributed by atoms with Gasteiger partial charge in [0.05, 0.1) is 5.56 Å². The van der Waals surface area contributed by atoms with Gasteiger partial charge in [0.1, 0.15) is 5.58 Å². The molecule has 1 heterocycles. The van der Waals surface area contributed by atoms with Crippen LogP contribution in [0, 0.1) is 0 Å². The van der Waals surface area contributed by atoms with Gasteiger partial charge in [-0.1, -0.05) is 15.9 Å². The second-order valence-electron chi connectivity index (χ2n) is 3.16. The molecule has 0 aliphatic heterocycles. The number of aldehydes is 1. The van der Waals surface area contributed by atoms with Crippen molar-refractivity contribution in [2.45, 2.75) is 6.92 Å². The minimum Gasteiger partial charge on any atom is -0.452 e. The maximum Gasteiger partial charge on any atom is 0.195 e. The number of rotatable bonds is 2. The maximum absolute atomic E-state index is 11.2. The zero-order valence-electron chi connectivity index (χ0n) is 7.91. The first-order valence-corrected chi connectivity index (χ1v) is 5.11. The number of carbonyl (C=O) groups excluding carboxylic acids is 2. The second kappa shape index (κ2) is 3.62. The van der Waals surface area contributed by atoms with Crippen LogP contribution in [0.3, 0.4) is 0 Å². The third kappa shape index (κ3) is 1.61. The Balaban J connectivity index is 2.85. The Morgan fingerprint density at radius 3 is 2.80 bits per heavy atom. The molecule has 0 saturated carbocycles. The number of Topliss-reactive ketones (excluding diaryl/α,β-unsaturated/α-hetero) is 1. The third-order valence-corrected chi connectivity index (χ3v) is 2.62. The van der Waals surface area contributed by atoms with Crippen molar-refractivity contribution >= 4 is 39.0 Å². The fraction of sp³-hybridized carbons (Fsp3) is 0.0909. The highest BCUT2D eigenvalue weighted by molar-refractivity contribution is 9.10. The van der Waals surface area contributed by atoms with Crippen LogP contribution in [0.5, 0.6) is 0 Å². The summed E-state index contributed by atoms with van der Waals surface area (Å²) in [5.41, 5.74) is 0.865. The molecule has 1 aromatic carbocycles. The second-order valence-corrected chi connectivity index (χ2v) is 4.08. The Morgan fingerprint density at radius 2 is 2.20 bits per heavy atom. The van der Waals surface area contributed by atoms with Gasteiger partial charge in [-0.2, -0.15) is 0 Å². The van der Waals surface area contributed by atoms with Crippen LogP contribution in [-0.2, 0) is 0 Å². The van der Waals surface area contributed by atoms with Crippen LogP contribution in [0.15, 0.2) is 27.1 Å². The molecule has 2 rings (SSSR count). The zero-order valence-corrected chi connectivity index (χ0v) is 9.50. The molecule has 0 bridgehead atoms. The van der Waals surface area contributed by atoms with Crippen LogP contribution in [0.25, 0.3) is 11.0 Å². The van der Waals surface area contributed by atoms with E-state index in [1.54, 1.807) is 18.2 Å². The van der Waals surface area contributed by atoms with Crippen LogP contribution in [0.2, 0.25) is 0 Å². The molecule has 0 N–H and O–H groups in total. The smallest absolute Gasteiger partial charge is 0.195 e. The molecular weight excluding hydrogens is 260 g/mol. The van der Waals surface area contributed by atoms with E-state index >= 15 is 0 Å². The maximum atomic E-state index is 11.2. The number of benzene rings is 1. The summed E-state index contributed by atoms with van der Waals surface area (Å²) in [6.45, 7) is 1.37. The van der Waals surface area contributed by atoms with Crippen LogP contribution >= 0.6 is 15.9 Å². The molecule has 0 radical (unpaired) electrons. The van der Waals surface area contributed by atoms with E-state index in [9.17, 15) is 9.59 Å². The SMILES string of the molecule is CC(=O)c1oc2ccc(Br)cc2c1C=O. The molecule has 0 spiro atoms. The predicted octanol–water partition coefficient (Wildman–Crippen LogP) is 3.21. The van der Waals surface area contributed by atoms with Crippen molar-refractivity contribution < 1.29 is 14.0 Å². The lowest BCUT2D eigenvalue weighted by atomic mass is 10.1. The first-order chi connectivity index (χ1) is 7.13. The van der Waals surface area contributed by atoms with Gasteiger partial charge in [0.15, 0.2) is 17.8 Å². The number of furan rings is 1. The summed E-state index contributed by atoms with van der Waals surface area (Å²) in [6, 6.07) is 5.28. The molecule has 15 heavy (non-hydrogen) atoms. The molecule has 0 atom stereocenters. The third-order valence-electron chi connectivity index (χ3n) is 2.13. The molecule has 0 unspecified atom stereocenters. The van der Waals surface area contributed by atoms with E-state index in [2.05, 4.69) is 15.9 Å². The Morgan fingerprint density at radius 1 is 1.47 bits per heavy atom. The molecule has 2 aromatic rings. The normalized spacial score (nSPS) is 10.5. The van der Waals surface area contributed by atoms with Crippen LogP contribution in [-0.4, -0.2) is 12.1 Å². The van der Waals surface area contributed by atoms with E-state index in [0.29, 0.717) is 22.8 Å². The largest absolute Gasteiger partial charge is 0.452 e. The Labute approximate surface area is 94.2 Å². The minimum atomic E-state index is -0.246. The topological polar surface area (TPSA) is 47.3 Å². The Bertz CT molecular complexity index is 554. The highest BCUT2D eigenvalue weighted by Gasteiger charge is 2.16. The summed E-state index contributed by atoms with van der Waals surface area (Å²) in [5.74, 6) is -0.123. The van der Waals surface area contributed by atoms with E-state index in [4.69, 9.17) is 4.42 Å². The predicted molar refractivity (Wildman–Crippen MR) is 59.3 cm³/mol. The Kier molecular flexibility index (Phi) is 2.44. The van der Waals surface area contributed by atoms with Crippen molar-refractivity contribution in [2.75, 3.05) is 0 Å². The van der Waals surface area contributed by atoms with E-state index in [1.165, 1.54) is 6.92 Å². The lowest BCUT2D eigenvalue weighted by molar-refractivity contribution is 0.0981. The molecule has 0 aliphatic carbocycles. The first kappa shape index (κ1) is 10.1. The lowest BCUT2D eigenvalue weighted by Gasteiger charge is -1.89. The summed E-state index contributed by atoms with van der Waals surface area (Å²) in [4.78, 5) is 22.1. The molecule has 3 nitrogen and oxygen atoms in total. The molecule has 76 valence electrons. The summed E-state index contributed by atoms with van der Waals surface area (Å²) < 4.78 is 6.15. The zero-order chi connectivity index (χ0) is 11.0. The summed E-state index contributed by atoms with van der Waals surface area (Å²) in [6.07, 6.45) is 0.648. The fourth-order valence-corrected chi connectivity index (χ4v) is 1.83. The average molecular weight is 267 g/mol. The molecule has 4 heteroatoms. The minimum absolute atomic E-state index is 0.123. The van der Waals surface area contributed by atoms with Gasteiger partial charge in [0.2, 0.25) is 0 Å². The van der Waals surface area contributed by atoms with Crippen molar-refractivity contribution in [3.8, 4) is 0 Å². The highest BCUT2D eigenvalue weighted by Crippen LogP contribution is 2.27. The number of ketones is 1. The van der Waals surface area contributed by atoms with Gasteiger partial charge in [-0.05, 0) is 18.2 Å². The van der Waals surface area contributed by atoms with E-state index in [0.717, 1.165) is 4.47 Å². The molecule has 1 aromatic heterocycles. The quantitative estimate of drug-likeness (QED) is 0.620. The average Bonchev–Trinajstić information content (AvgIpc) is 2.55. The molecular formula is C11H7BrO3. The lowest BCUT2D eigenvalue weighted by Crippen LogP contribution is -1.93. The van der Waals surface area contributed by atoms with Crippen molar-refractivity contribution in [1.29, 1.82) is 0 Å². The van der Waals surface area contributed by atoms with Gasteiger partial charge in [-0.25, -0.2) is 0 Å². The summed E-state index contributed by atoms with van der Waals surface area (Å²) in [7, 11) is 0. The van der Waals surface area contributed by atoms with Gasteiger partial charge >= 0.3 is 0 Å². The van der Waals surface area contributed by atoms with Gasteiger partial charge in [-0.15, -0.1) is 0 Å². The molecule has 0 fully saturated rings. The molecule has 0 amide bonds. The standard InChI is InChI=1S/C11H7BrO3/c1-6(14)11-9(5-13)8-4-7(12)2-3-10(8)15-11/h2-5H,1H3. The van der Waals surface area contributed by atoms with Crippen molar-refractivity contribution in [3.63, 3.8) is 0 Å². The van der Waals surface area contributed by atoms with E-state index in [-0.39, 0.29) is 11.5 Å². The van der Waals surface area contributed by atoms with Gasteiger partial charge in [0.25, 0.3) is 0 Å². The number of carbonyl (C=O) groups is 2. The van der Waals surface area contributed by atoms with Crippen molar-refractivity contribution in [1.82, 2.24) is 0 Å². The van der Waals surface area contributed by atoms with E-state index < -0.39 is 0 Å². The van der Waals surface area contributed by atoms with Gasteiger partial charge < -0.3 is 4.42 Å². The van der Waals surface area contributed by atoms with Gasteiger partial charge in [-0.3, -0.25) is 9.59 Å². The number of hydrogen-bond donors (Lipinski definition) is 0. The van der Waals surface area contributed by atoms with Crippen LogP contribution < -0.4 is 0 Å². The number of halogens is 1. The van der Waals surface area contributed by atoms with E-state index in [1.807, 2.05) is 0 Å². The van der Waals surface area contributed by atoms with Crippen molar-refractivity contribution in [3.05, 3.63) is 34.0 Å². The van der Waals surface area contributed by atoms with Crippen LogP contribution in [0.4, 0.5) is 0 Å². The fourth-order valence-electron chi connectivity index (χ4n) is 1.47. The van der Waals surface area contributed by atoms with Gasteiger partial charge in [0, 0.05) is 16.8 Å². The Hall–Kier alpha value is -1.42. The summed E-state index contributed by atoms with van der Waals surface area (Å²) in [5, 5.41) is 0.657. The monoisotopic (exact) mass is 266 g/mol. The highest BCUT2D eigenvalue weighted by atomic mass is 79.9. The molecule has 0 aliphatic rings. The number of hydrogen-bond acceptors (Lipinski definition) is 3. The molecule has 0 saturated heterocycles. The number of fused-ring (bicyclic) bond motifs is 1.